The van der Waals surface area contributed by atoms with Crippen LogP contribution in [0.3, 0.4) is 0 Å². The van der Waals surface area contributed by atoms with Crippen molar-refractivity contribution in [3.63, 3.8) is 0 Å². The minimum atomic E-state index is 0.0550. The number of ether oxygens (including phenoxy) is 1. The number of hydrogen-bond acceptors (Lipinski definition) is 4. The summed E-state index contributed by atoms with van der Waals surface area (Å²) in [6, 6.07) is 7.54. The average Bonchev–Trinajstić information content (AvgIpc) is 2.96. The Bertz CT molecular complexity index is 801. The van der Waals surface area contributed by atoms with Gasteiger partial charge in [-0.2, -0.15) is 0 Å². The third-order valence-electron chi connectivity index (χ3n) is 5.63. The van der Waals surface area contributed by atoms with Crippen LogP contribution in [-0.4, -0.2) is 45.3 Å². The molecule has 1 unspecified atom stereocenters. The first-order valence-electron chi connectivity index (χ1n) is 10.2. The van der Waals surface area contributed by atoms with E-state index in [9.17, 15) is 4.79 Å². The topological polar surface area (TPSA) is 60.2 Å². The third-order valence-corrected chi connectivity index (χ3v) is 5.63. The summed E-state index contributed by atoms with van der Waals surface area (Å²) in [7, 11) is 0. The van der Waals surface area contributed by atoms with Crippen molar-refractivity contribution in [3.05, 3.63) is 41.5 Å². The number of benzene rings is 1. The first-order chi connectivity index (χ1) is 13.3. The molecule has 0 spiro atoms. The van der Waals surface area contributed by atoms with Crippen LogP contribution in [0.15, 0.2) is 24.3 Å². The summed E-state index contributed by atoms with van der Waals surface area (Å²) >= 11 is 0. The summed E-state index contributed by atoms with van der Waals surface area (Å²) in [5, 5.41) is 8.97. The Morgan fingerprint density at radius 1 is 1.15 bits per heavy atom. The Kier molecular flexibility index (Phi) is 5.41. The predicted octanol–water partition coefficient (Wildman–Crippen LogP) is 3.42. The van der Waals surface area contributed by atoms with Crippen molar-refractivity contribution in [2.75, 3.05) is 19.7 Å². The molecule has 0 aliphatic carbocycles. The van der Waals surface area contributed by atoms with Crippen molar-refractivity contribution in [2.45, 2.75) is 57.9 Å². The summed E-state index contributed by atoms with van der Waals surface area (Å²) < 4.78 is 7.98. The molecule has 6 heteroatoms. The molecule has 1 aromatic carbocycles. The van der Waals surface area contributed by atoms with Crippen LogP contribution in [0, 0.1) is 0 Å². The van der Waals surface area contributed by atoms with E-state index in [4.69, 9.17) is 4.74 Å². The number of amides is 1. The van der Waals surface area contributed by atoms with Crippen LogP contribution in [-0.2, 0) is 13.0 Å². The molecule has 4 rings (SSSR count). The summed E-state index contributed by atoms with van der Waals surface area (Å²) in [5.41, 5.74) is 0.653. The van der Waals surface area contributed by atoms with E-state index in [1.54, 1.807) is 0 Å². The molecule has 1 amide bonds. The number of nitrogens with zero attached hydrogens (tertiary/aromatic N) is 4. The summed E-state index contributed by atoms with van der Waals surface area (Å²) in [4.78, 5) is 15.1. The summed E-state index contributed by atoms with van der Waals surface area (Å²) in [5.74, 6) is 3.18. The van der Waals surface area contributed by atoms with Crippen LogP contribution in [0.2, 0.25) is 0 Å². The van der Waals surface area contributed by atoms with Crippen molar-refractivity contribution in [3.8, 4) is 5.75 Å². The van der Waals surface area contributed by atoms with Crippen LogP contribution in [0.5, 0.6) is 5.75 Å². The second-order valence-corrected chi connectivity index (χ2v) is 7.46. The Labute approximate surface area is 160 Å². The number of para-hydroxylation sites is 1. The fraction of sp³-hybridized carbons (Fsp3) is 0.571. The third kappa shape index (κ3) is 3.70. The van der Waals surface area contributed by atoms with Gasteiger partial charge in [0.15, 0.2) is 0 Å². The van der Waals surface area contributed by atoms with E-state index < -0.39 is 0 Å². The molecule has 0 radical (unpaired) electrons. The van der Waals surface area contributed by atoms with Crippen LogP contribution >= 0.6 is 0 Å². The lowest BCUT2D eigenvalue weighted by Crippen LogP contribution is -2.40. The zero-order valence-corrected chi connectivity index (χ0v) is 16.1. The van der Waals surface area contributed by atoms with Gasteiger partial charge in [-0.3, -0.25) is 4.79 Å². The van der Waals surface area contributed by atoms with E-state index in [-0.39, 0.29) is 11.8 Å². The van der Waals surface area contributed by atoms with Gasteiger partial charge >= 0.3 is 0 Å². The smallest absolute Gasteiger partial charge is 0.257 e. The Morgan fingerprint density at radius 2 is 2.04 bits per heavy atom. The number of aromatic nitrogens is 3. The Balaban J connectivity index is 1.54. The van der Waals surface area contributed by atoms with E-state index in [1.165, 1.54) is 19.3 Å². The summed E-state index contributed by atoms with van der Waals surface area (Å²) in [6.45, 7) is 5.00. The van der Waals surface area contributed by atoms with E-state index in [0.717, 1.165) is 44.0 Å². The van der Waals surface area contributed by atoms with Gasteiger partial charge in [0, 0.05) is 32.0 Å². The monoisotopic (exact) mass is 368 g/mol. The van der Waals surface area contributed by atoms with Crippen molar-refractivity contribution in [1.29, 1.82) is 0 Å². The molecular weight excluding hydrogens is 340 g/mol. The van der Waals surface area contributed by atoms with Gasteiger partial charge in [-0.05, 0) is 44.7 Å². The number of carbonyl (C=O) groups is 1. The Morgan fingerprint density at radius 3 is 2.93 bits per heavy atom. The van der Waals surface area contributed by atoms with Gasteiger partial charge in [-0.15, -0.1) is 10.2 Å². The lowest BCUT2D eigenvalue weighted by molar-refractivity contribution is 0.0699. The molecule has 2 aromatic rings. The first-order valence-corrected chi connectivity index (χ1v) is 10.2. The number of hydrogen-bond donors (Lipinski definition) is 0. The van der Waals surface area contributed by atoms with Crippen molar-refractivity contribution in [1.82, 2.24) is 19.7 Å². The molecular formula is C21H28N4O2. The molecule has 27 heavy (non-hydrogen) atoms. The van der Waals surface area contributed by atoms with Crippen LogP contribution < -0.4 is 4.74 Å². The van der Waals surface area contributed by atoms with Gasteiger partial charge in [0.25, 0.3) is 5.91 Å². The molecule has 6 nitrogen and oxygen atoms in total. The number of rotatable bonds is 4. The minimum absolute atomic E-state index is 0.0550. The first kappa shape index (κ1) is 18.0. The largest absolute Gasteiger partial charge is 0.493 e. The molecule has 1 saturated heterocycles. The Hall–Kier alpha value is -2.37. The predicted molar refractivity (Wildman–Crippen MR) is 103 cm³/mol. The SMILES string of the molecule is CCOc1ccccc1C(=O)N1CCCC(c2nnc3n2CCCCC3)C1. The number of fused-ring (bicyclic) bond motifs is 1. The maximum atomic E-state index is 13.2. The number of piperidine rings is 1. The lowest BCUT2D eigenvalue weighted by atomic mass is 9.96. The molecule has 0 saturated carbocycles. The molecule has 2 aliphatic heterocycles. The zero-order valence-electron chi connectivity index (χ0n) is 16.1. The maximum Gasteiger partial charge on any atom is 0.257 e. The average molecular weight is 368 g/mol. The van der Waals surface area contributed by atoms with E-state index >= 15 is 0 Å². The fourth-order valence-electron chi connectivity index (χ4n) is 4.28. The fourth-order valence-corrected chi connectivity index (χ4v) is 4.28. The van der Waals surface area contributed by atoms with Crippen molar-refractivity contribution < 1.29 is 9.53 Å². The van der Waals surface area contributed by atoms with E-state index in [0.29, 0.717) is 24.5 Å². The van der Waals surface area contributed by atoms with Gasteiger partial charge in [0.05, 0.1) is 12.2 Å². The van der Waals surface area contributed by atoms with Gasteiger partial charge in [0.1, 0.15) is 17.4 Å². The highest BCUT2D eigenvalue weighted by atomic mass is 16.5. The molecule has 0 bridgehead atoms. The standard InChI is InChI=1S/C21H28N4O2/c1-2-27-18-11-6-5-10-17(18)21(26)24-13-8-9-16(15-24)20-23-22-19-12-4-3-7-14-25(19)20/h5-6,10-11,16H,2-4,7-9,12-15H2,1H3. The van der Waals surface area contributed by atoms with Crippen molar-refractivity contribution >= 4 is 5.91 Å². The van der Waals surface area contributed by atoms with Gasteiger partial charge in [-0.1, -0.05) is 18.6 Å². The van der Waals surface area contributed by atoms with Crippen molar-refractivity contribution in [2.24, 2.45) is 0 Å². The second-order valence-electron chi connectivity index (χ2n) is 7.46. The zero-order chi connectivity index (χ0) is 18.6. The molecule has 2 aliphatic rings. The van der Waals surface area contributed by atoms with Crippen LogP contribution in [0.4, 0.5) is 0 Å². The lowest BCUT2D eigenvalue weighted by Gasteiger charge is -2.33. The normalized spacial score (nSPS) is 20.0. The number of likely N-dealkylation sites (tertiary alicyclic amines) is 1. The van der Waals surface area contributed by atoms with Crippen LogP contribution in [0.1, 0.15) is 67.0 Å². The van der Waals surface area contributed by atoms with Gasteiger partial charge < -0.3 is 14.2 Å². The quantitative estimate of drug-likeness (QED) is 0.830. The van der Waals surface area contributed by atoms with Gasteiger partial charge in [-0.25, -0.2) is 0 Å². The van der Waals surface area contributed by atoms with Gasteiger partial charge in [0.2, 0.25) is 0 Å². The highest BCUT2D eigenvalue weighted by molar-refractivity contribution is 5.97. The minimum Gasteiger partial charge on any atom is -0.493 e. The molecule has 1 fully saturated rings. The highest BCUT2D eigenvalue weighted by Crippen LogP contribution is 2.30. The van der Waals surface area contributed by atoms with E-state index in [2.05, 4.69) is 14.8 Å². The molecule has 1 atom stereocenters. The molecule has 0 N–H and O–H groups in total. The maximum absolute atomic E-state index is 13.2. The number of carbonyl (C=O) groups excluding carboxylic acids is 1. The molecule has 3 heterocycles. The van der Waals surface area contributed by atoms with Crippen LogP contribution in [0.25, 0.3) is 0 Å². The number of aryl methyl sites for hydroxylation is 1. The molecule has 144 valence electrons. The highest BCUT2D eigenvalue weighted by Gasteiger charge is 2.30. The van der Waals surface area contributed by atoms with E-state index in [1.807, 2.05) is 36.1 Å². The summed E-state index contributed by atoms with van der Waals surface area (Å²) in [6.07, 6.45) is 6.72. The second kappa shape index (κ2) is 8.11. The molecule has 1 aromatic heterocycles.